The lowest BCUT2D eigenvalue weighted by Gasteiger charge is -2.31. The van der Waals surface area contributed by atoms with E-state index in [0.717, 1.165) is 5.69 Å². The number of hydrogen-bond acceptors (Lipinski definition) is 4. The maximum atomic E-state index is 8.78. The lowest BCUT2D eigenvalue weighted by molar-refractivity contribution is 0.179. The first kappa shape index (κ1) is 10.3. The predicted octanol–water partition coefficient (Wildman–Crippen LogP) is 2.03. The van der Waals surface area contributed by atoms with Crippen LogP contribution in [-0.2, 0) is 0 Å². The standard InChI is InChI=1S/C12H11N3O/c1-8-11(4-5-13)16-12-6-9(7-14)2-3-10(12)15-8/h2-3,6,8,11,15H,4H2,1H3. The summed E-state index contributed by atoms with van der Waals surface area (Å²) in [5.74, 6) is 0.650. The summed E-state index contributed by atoms with van der Waals surface area (Å²) in [6, 6.07) is 9.52. The van der Waals surface area contributed by atoms with Crippen molar-refractivity contribution in [1.82, 2.24) is 0 Å². The molecule has 1 aromatic carbocycles. The van der Waals surface area contributed by atoms with Gasteiger partial charge in [-0.3, -0.25) is 0 Å². The second kappa shape index (κ2) is 4.12. The molecule has 80 valence electrons. The number of ether oxygens (including phenoxy) is 1. The van der Waals surface area contributed by atoms with E-state index in [-0.39, 0.29) is 12.1 Å². The minimum absolute atomic E-state index is 0.0973. The van der Waals surface area contributed by atoms with E-state index in [1.807, 2.05) is 13.0 Å². The highest BCUT2D eigenvalue weighted by Gasteiger charge is 2.25. The van der Waals surface area contributed by atoms with Crippen molar-refractivity contribution < 1.29 is 4.74 Å². The van der Waals surface area contributed by atoms with Crippen LogP contribution >= 0.6 is 0 Å². The second-order valence-electron chi connectivity index (χ2n) is 3.77. The molecule has 0 fully saturated rings. The molecule has 0 bridgehead atoms. The van der Waals surface area contributed by atoms with E-state index in [2.05, 4.69) is 17.5 Å². The maximum absolute atomic E-state index is 8.78. The van der Waals surface area contributed by atoms with Crippen molar-refractivity contribution >= 4 is 5.69 Å². The van der Waals surface area contributed by atoms with Crippen molar-refractivity contribution in [2.75, 3.05) is 5.32 Å². The van der Waals surface area contributed by atoms with Crippen molar-refractivity contribution in [1.29, 1.82) is 10.5 Å². The quantitative estimate of drug-likeness (QED) is 0.775. The topological polar surface area (TPSA) is 68.8 Å². The zero-order valence-electron chi connectivity index (χ0n) is 8.90. The largest absolute Gasteiger partial charge is 0.485 e. The molecular weight excluding hydrogens is 202 g/mol. The molecule has 1 N–H and O–H groups in total. The van der Waals surface area contributed by atoms with Crippen molar-refractivity contribution in [3.05, 3.63) is 23.8 Å². The molecular formula is C12H11N3O. The number of fused-ring (bicyclic) bond motifs is 1. The summed E-state index contributed by atoms with van der Waals surface area (Å²) in [5, 5.41) is 20.7. The minimum atomic E-state index is -0.161. The average Bonchev–Trinajstić information content (AvgIpc) is 2.30. The van der Waals surface area contributed by atoms with Gasteiger partial charge in [0.1, 0.15) is 11.9 Å². The Morgan fingerprint density at radius 1 is 1.44 bits per heavy atom. The minimum Gasteiger partial charge on any atom is -0.485 e. The molecule has 1 heterocycles. The number of nitrogens with zero attached hydrogens (tertiary/aromatic N) is 2. The Kier molecular flexibility index (Phi) is 2.66. The first-order valence-corrected chi connectivity index (χ1v) is 5.09. The summed E-state index contributed by atoms with van der Waals surface area (Å²) >= 11 is 0. The van der Waals surface area contributed by atoms with Crippen molar-refractivity contribution in [3.8, 4) is 17.9 Å². The molecule has 0 aromatic heterocycles. The molecule has 4 heteroatoms. The average molecular weight is 213 g/mol. The van der Waals surface area contributed by atoms with Gasteiger partial charge in [0.05, 0.1) is 35.9 Å². The molecule has 2 unspecified atom stereocenters. The first-order chi connectivity index (χ1) is 7.74. The summed E-state index contributed by atoms with van der Waals surface area (Å²) in [5.41, 5.74) is 1.44. The zero-order valence-corrected chi connectivity index (χ0v) is 8.90. The van der Waals surface area contributed by atoms with Gasteiger partial charge in [-0.2, -0.15) is 10.5 Å². The van der Waals surface area contributed by atoms with Gasteiger partial charge in [0.25, 0.3) is 0 Å². The van der Waals surface area contributed by atoms with Crippen LogP contribution in [0, 0.1) is 22.7 Å². The van der Waals surface area contributed by atoms with Gasteiger partial charge in [0, 0.05) is 6.07 Å². The molecule has 2 atom stereocenters. The smallest absolute Gasteiger partial charge is 0.144 e. The van der Waals surface area contributed by atoms with Crippen molar-refractivity contribution in [3.63, 3.8) is 0 Å². The lowest BCUT2D eigenvalue weighted by Crippen LogP contribution is -2.38. The molecule has 1 aliphatic heterocycles. The summed E-state index contributed by atoms with van der Waals surface area (Å²) in [6.07, 6.45) is 0.177. The van der Waals surface area contributed by atoms with Crippen LogP contribution in [0.25, 0.3) is 0 Å². The van der Waals surface area contributed by atoms with Gasteiger partial charge in [0.15, 0.2) is 0 Å². The normalized spacial score (nSPS) is 21.9. The van der Waals surface area contributed by atoms with Crippen molar-refractivity contribution in [2.24, 2.45) is 0 Å². The molecule has 1 aromatic rings. The fourth-order valence-corrected chi connectivity index (χ4v) is 1.72. The first-order valence-electron chi connectivity index (χ1n) is 5.09. The van der Waals surface area contributed by atoms with Crippen LogP contribution in [0.4, 0.5) is 5.69 Å². The Morgan fingerprint density at radius 3 is 2.94 bits per heavy atom. The van der Waals surface area contributed by atoms with Gasteiger partial charge in [0.2, 0.25) is 0 Å². The number of nitrogens with one attached hydrogen (secondary N) is 1. The van der Waals surface area contributed by atoms with Crippen LogP contribution in [0.2, 0.25) is 0 Å². The van der Waals surface area contributed by atoms with Crippen LogP contribution in [0.1, 0.15) is 18.9 Å². The monoisotopic (exact) mass is 213 g/mol. The van der Waals surface area contributed by atoms with Crippen LogP contribution in [0.5, 0.6) is 5.75 Å². The van der Waals surface area contributed by atoms with E-state index >= 15 is 0 Å². The van der Waals surface area contributed by atoms with Crippen LogP contribution in [0.3, 0.4) is 0 Å². The lowest BCUT2D eigenvalue weighted by atomic mass is 10.1. The van der Waals surface area contributed by atoms with E-state index < -0.39 is 0 Å². The summed E-state index contributed by atoms with van der Waals surface area (Å²) < 4.78 is 5.69. The number of hydrogen-bond donors (Lipinski definition) is 1. The third kappa shape index (κ3) is 1.78. The Labute approximate surface area is 94.1 Å². The van der Waals surface area contributed by atoms with E-state index in [9.17, 15) is 0 Å². The third-order valence-corrected chi connectivity index (χ3v) is 2.62. The van der Waals surface area contributed by atoms with E-state index in [1.165, 1.54) is 0 Å². The van der Waals surface area contributed by atoms with E-state index in [0.29, 0.717) is 17.7 Å². The van der Waals surface area contributed by atoms with Gasteiger partial charge < -0.3 is 10.1 Å². The van der Waals surface area contributed by atoms with E-state index in [4.69, 9.17) is 15.3 Å². The Hall–Kier alpha value is -2.20. The molecule has 1 aliphatic rings. The molecule has 0 saturated heterocycles. The van der Waals surface area contributed by atoms with Crippen LogP contribution in [-0.4, -0.2) is 12.1 Å². The van der Waals surface area contributed by atoms with Gasteiger partial charge in [-0.15, -0.1) is 0 Å². The fourth-order valence-electron chi connectivity index (χ4n) is 1.72. The second-order valence-corrected chi connectivity index (χ2v) is 3.77. The fraction of sp³-hybridized carbons (Fsp3) is 0.333. The summed E-state index contributed by atoms with van der Waals surface area (Å²) in [7, 11) is 0. The van der Waals surface area contributed by atoms with Gasteiger partial charge in [-0.05, 0) is 19.1 Å². The molecule has 0 saturated carbocycles. The van der Waals surface area contributed by atoms with Crippen LogP contribution in [0.15, 0.2) is 18.2 Å². The van der Waals surface area contributed by atoms with Crippen LogP contribution < -0.4 is 10.1 Å². The predicted molar refractivity (Wildman–Crippen MR) is 58.9 cm³/mol. The number of benzene rings is 1. The molecule has 16 heavy (non-hydrogen) atoms. The summed E-state index contributed by atoms with van der Waals surface area (Å²) in [4.78, 5) is 0. The number of rotatable bonds is 1. The van der Waals surface area contributed by atoms with E-state index in [1.54, 1.807) is 12.1 Å². The highest BCUT2D eigenvalue weighted by Crippen LogP contribution is 2.32. The Bertz CT molecular complexity index is 484. The molecule has 4 nitrogen and oxygen atoms in total. The van der Waals surface area contributed by atoms with Gasteiger partial charge in [-0.25, -0.2) is 0 Å². The molecule has 0 spiro atoms. The number of nitriles is 2. The summed E-state index contributed by atoms with van der Waals surface area (Å²) in [6.45, 7) is 1.98. The Morgan fingerprint density at radius 2 is 2.25 bits per heavy atom. The van der Waals surface area contributed by atoms with Crippen molar-refractivity contribution in [2.45, 2.75) is 25.5 Å². The SMILES string of the molecule is CC1Nc2ccc(C#N)cc2OC1CC#N. The Balaban J connectivity index is 2.30. The maximum Gasteiger partial charge on any atom is 0.144 e. The molecule has 0 aliphatic carbocycles. The highest BCUT2D eigenvalue weighted by atomic mass is 16.5. The van der Waals surface area contributed by atoms with Gasteiger partial charge in [-0.1, -0.05) is 0 Å². The van der Waals surface area contributed by atoms with Gasteiger partial charge >= 0.3 is 0 Å². The third-order valence-electron chi connectivity index (χ3n) is 2.62. The molecule has 2 rings (SSSR count). The number of anilines is 1. The highest BCUT2D eigenvalue weighted by molar-refractivity contribution is 5.61. The molecule has 0 amide bonds. The zero-order chi connectivity index (χ0) is 11.5. The molecule has 0 radical (unpaired) electrons.